The highest BCUT2D eigenvalue weighted by molar-refractivity contribution is 5.67. The van der Waals surface area contributed by atoms with Gasteiger partial charge in [0.1, 0.15) is 12.9 Å². The second kappa shape index (κ2) is 20.2. The molecule has 0 saturated heterocycles. The maximum atomic E-state index is 11.7. The van der Waals surface area contributed by atoms with Crippen LogP contribution in [0.25, 0.3) is 0 Å². The number of hydrogen-bond acceptors (Lipinski definition) is 6. The lowest BCUT2D eigenvalue weighted by atomic mass is 10.0. The lowest BCUT2D eigenvalue weighted by Gasteiger charge is -2.15. The fourth-order valence-electron chi connectivity index (χ4n) is 3.46. The smallest absolute Gasteiger partial charge is 0.407 e. The normalized spacial score (nSPS) is 11.9. The number of alkyl carbamates (subject to hydrolysis) is 1. The number of unbranched alkanes of at least 4 members (excludes halogenated alkanes) is 14. The molecule has 1 atom stereocenters. The molecule has 7 heteroatoms. The molecule has 0 aliphatic rings. The first-order valence-corrected chi connectivity index (χ1v) is 12.3. The zero-order valence-electron chi connectivity index (χ0n) is 19.5. The summed E-state index contributed by atoms with van der Waals surface area (Å²) in [6.07, 6.45) is 20.0. The molecule has 0 spiro atoms. The predicted molar refractivity (Wildman–Crippen MR) is 122 cm³/mol. The van der Waals surface area contributed by atoms with Gasteiger partial charge < -0.3 is 24.4 Å². The van der Waals surface area contributed by atoms with E-state index in [1.54, 1.807) is 0 Å². The van der Waals surface area contributed by atoms with E-state index in [4.69, 9.17) is 9.47 Å². The van der Waals surface area contributed by atoms with Gasteiger partial charge in [-0.25, -0.2) is 4.79 Å². The van der Waals surface area contributed by atoms with E-state index in [0.717, 1.165) is 12.8 Å². The van der Waals surface area contributed by atoms with E-state index in [1.807, 2.05) is 0 Å². The first-order valence-electron chi connectivity index (χ1n) is 12.3. The van der Waals surface area contributed by atoms with Gasteiger partial charge in [0.05, 0.1) is 6.61 Å². The van der Waals surface area contributed by atoms with Crippen LogP contribution in [0.2, 0.25) is 0 Å². The molecule has 7 nitrogen and oxygen atoms in total. The third kappa shape index (κ3) is 16.6. The number of hydrogen-bond donors (Lipinski definition) is 2. The maximum absolute atomic E-state index is 11.7. The van der Waals surface area contributed by atoms with Crippen LogP contribution in [0.4, 0.5) is 4.79 Å². The molecule has 1 unspecified atom stereocenters. The van der Waals surface area contributed by atoms with E-state index < -0.39 is 12.2 Å². The number of amides is 1. The van der Waals surface area contributed by atoms with Gasteiger partial charge in [-0.1, -0.05) is 96.8 Å². The van der Waals surface area contributed by atoms with Crippen LogP contribution in [0.3, 0.4) is 0 Å². The van der Waals surface area contributed by atoms with E-state index in [0.29, 0.717) is 6.54 Å². The number of carbonyl (C=O) groups excluding carboxylic acids is 1. The minimum atomic E-state index is -0.665. The van der Waals surface area contributed by atoms with Crippen LogP contribution < -0.4 is 10.1 Å². The molecule has 1 aromatic rings. The summed E-state index contributed by atoms with van der Waals surface area (Å²) in [5.41, 5.74) is 0. The highest BCUT2D eigenvalue weighted by Gasteiger charge is 2.14. The largest absolute Gasteiger partial charge is 0.466 e. The molecule has 0 aliphatic carbocycles. The van der Waals surface area contributed by atoms with Crippen LogP contribution >= 0.6 is 0 Å². The van der Waals surface area contributed by atoms with Gasteiger partial charge in [0, 0.05) is 12.6 Å². The predicted octanol–water partition coefficient (Wildman–Crippen LogP) is 6.01. The molecule has 31 heavy (non-hydrogen) atoms. The van der Waals surface area contributed by atoms with Gasteiger partial charge in [-0.15, -0.1) is 0 Å². The molecule has 2 N–H and O–H groups in total. The van der Waals surface area contributed by atoms with Crippen LogP contribution in [0.5, 0.6) is 5.88 Å². The van der Waals surface area contributed by atoms with Crippen molar-refractivity contribution in [2.45, 2.75) is 109 Å². The molecule has 1 rings (SSSR count). The van der Waals surface area contributed by atoms with Gasteiger partial charge in [0.2, 0.25) is 0 Å². The molecule has 0 radical (unpaired) electrons. The first kappa shape index (κ1) is 27.3. The summed E-state index contributed by atoms with van der Waals surface area (Å²) < 4.78 is 15.1. The summed E-state index contributed by atoms with van der Waals surface area (Å²) in [6, 6.07) is 1.53. The third-order valence-electron chi connectivity index (χ3n) is 5.36. The monoisotopic (exact) mass is 440 g/mol. The van der Waals surface area contributed by atoms with Crippen LogP contribution in [-0.2, 0) is 4.74 Å². The molecule has 0 bridgehead atoms. The summed E-state index contributed by atoms with van der Waals surface area (Å²) >= 11 is 0. The Hall–Kier alpha value is -1.76. The topological polar surface area (TPSA) is 93.8 Å². The highest BCUT2D eigenvalue weighted by Crippen LogP contribution is 2.13. The Kier molecular flexibility index (Phi) is 17.7. The first-order chi connectivity index (χ1) is 15.3. The van der Waals surface area contributed by atoms with E-state index in [1.165, 1.54) is 95.8 Å². The van der Waals surface area contributed by atoms with Gasteiger partial charge in [-0.2, -0.15) is 0 Å². The average molecular weight is 441 g/mol. The van der Waals surface area contributed by atoms with Crippen LogP contribution in [-0.4, -0.2) is 42.2 Å². The lowest BCUT2D eigenvalue weighted by Crippen LogP contribution is -2.33. The average Bonchev–Trinajstić information content (AvgIpc) is 3.29. The van der Waals surface area contributed by atoms with E-state index >= 15 is 0 Å². The third-order valence-corrected chi connectivity index (χ3v) is 5.36. The van der Waals surface area contributed by atoms with Crippen molar-refractivity contribution in [3.05, 3.63) is 12.3 Å². The minimum absolute atomic E-state index is 0.0476. The second-order valence-corrected chi connectivity index (χ2v) is 8.24. The van der Waals surface area contributed by atoms with Crippen molar-refractivity contribution in [2.75, 3.05) is 19.8 Å². The van der Waals surface area contributed by atoms with E-state index in [2.05, 4.69) is 21.9 Å². The molecule has 1 heterocycles. The fourth-order valence-corrected chi connectivity index (χ4v) is 3.46. The summed E-state index contributed by atoms with van der Waals surface area (Å²) in [7, 11) is 0. The molecule has 0 saturated carbocycles. The molecule has 1 amide bonds. The van der Waals surface area contributed by atoms with Gasteiger partial charge in [-0.3, -0.25) is 0 Å². The molecule has 0 aromatic carbocycles. The standard InChI is InChI=1S/C24H44N2O5/c1-2-3-4-5-6-7-8-9-10-11-12-13-14-15-16-18-25-24(28)29-21-22(20-27)31-23-17-19-30-26-23/h17,19,22,27H,2-16,18,20-21H2,1H3,(H,25,28). The van der Waals surface area contributed by atoms with Crippen molar-refractivity contribution in [1.29, 1.82) is 0 Å². The number of nitrogens with zero attached hydrogens (tertiary/aromatic N) is 1. The zero-order chi connectivity index (χ0) is 22.4. The number of aliphatic hydroxyl groups is 1. The molecule has 0 aliphatic heterocycles. The summed E-state index contributed by atoms with van der Waals surface area (Å²) in [6.45, 7) is 2.54. The Morgan fingerprint density at radius 1 is 0.968 bits per heavy atom. The number of aromatic nitrogens is 1. The van der Waals surface area contributed by atoms with Gasteiger partial charge in [0.25, 0.3) is 5.88 Å². The lowest BCUT2D eigenvalue weighted by molar-refractivity contribution is 0.0426. The van der Waals surface area contributed by atoms with Crippen molar-refractivity contribution < 1.29 is 23.9 Å². The van der Waals surface area contributed by atoms with Crippen LogP contribution in [0.15, 0.2) is 16.9 Å². The van der Waals surface area contributed by atoms with Crippen molar-refractivity contribution >= 4 is 6.09 Å². The summed E-state index contributed by atoms with van der Waals surface area (Å²) in [5, 5.41) is 15.6. The number of ether oxygens (including phenoxy) is 2. The number of aliphatic hydroxyl groups excluding tert-OH is 1. The Morgan fingerprint density at radius 2 is 1.52 bits per heavy atom. The fraction of sp³-hybridized carbons (Fsp3) is 0.833. The number of nitrogens with one attached hydrogen (secondary N) is 1. The molecular weight excluding hydrogens is 396 g/mol. The molecule has 1 aromatic heterocycles. The van der Waals surface area contributed by atoms with Gasteiger partial charge in [0.15, 0.2) is 6.10 Å². The number of carbonyl (C=O) groups is 1. The maximum Gasteiger partial charge on any atom is 0.407 e. The van der Waals surface area contributed by atoms with E-state index in [9.17, 15) is 9.90 Å². The van der Waals surface area contributed by atoms with Crippen LogP contribution in [0, 0.1) is 0 Å². The Labute approximate surface area is 188 Å². The van der Waals surface area contributed by atoms with Gasteiger partial charge in [-0.05, 0) is 11.6 Å². The van der Waals surface area contributed by atoms with Gasteiger partial charge >= 0.3 is 6.09 Å². The van der Waals surface area contributed by atoms with Crippen molar-refractivity contribution in [1.82, 2.24) is 10.5 Å². The SMILES string of the molecule is CCCCCCCCCCCCCCCCCNC(=O)OCC(CO)Oc1ccon1. The Morgan fingerprint density at radius 3 is 2.00 bits per heavy atom. The minimum Gasteiger partial charge on any atom is -0.466 e. The number of rotatable bonds is 21. The summed E-state index contributed by atoms with van der Waals surface area (Å²) in [5.74, 6) is 0.251. The highest BCUT2D eigenvalue weighted by atomic mass is 16.6. The quantitative estimate of drug-likeness (QED) is 0.227. The summed E-state index contributed by atoms with van der Waals surface area (Å²) in [4.78, 5) is 11.7. The second-order valence-electron chi connectivity index (χ2n) is 8.24. The molecule has 0 fully saturated rings. The Balaban J connectivity index is 1.81. The van der Waals surface area contributed by atoms with Crippen LogP contribution in [0.1, 0.15) is 103 Å². The van der Waals surface area contributed by atoms with Crippen molar-refractivity contribution in [3.8, 4) is 5.88 Å². The van der Waals surface area contributed by atoms with Crippen molar-refractivity contribution in [3.63, 3.8) is 0 Å². The molecule has 180 valence electrons. The van der Waals surface area contributed by atoms with Crippen molar-refractivity contribution in [2.24, 2.45) is 0 Å². The Bertz CT molecular complexity index is 510. The molecular formula is C24H44N2O5. The van der Waals surface area contributed by atoms with E-state index in [-0.39, 0.29) is 19.1 Å². The zero-order valence-corrected chi connectivity index (χ0v) is 19.5.